The van der Waals surface area contributed by atoms with Crippen LogP contribution in [0, 0.1) is 0 Å². The predicted molar refractivity (Wildman–Crippen MR) is 152 cm³/mol. The number of carbonyl (C=O) groups is 2. The van der Waals surface area contributed by atoms with E-state index in [9.17, 15) is 14.7 Å². The highest BCUT2D eigenvalue weighted by molar-refractivity contribution is 9.10. The first-order valence-electron chi connectivity index (χ1n) is 13.7. The maximum atomic E-state index is 13.9. The minimum Gasteiger partial charge on any atom is -0.480 e. The van der Waals surface area contributed by atoms with E-state index in [0.29, 0.717) is 6.42 Å². The molecule has 1 saturated heterocycles. The van der Waals surface area contributed by atoms with E-state index >= 15 is 0 Å². The molecule has 2 fully saturated rings. The van der Waals surface area contributed by atoms with Crippen molar-refractivity contribution in [1.82, 2.24) is 4.90 Å². The Morgan fingerprint density at radius 3 is 2.23 bits per heavy atom. The summed E-state index contributed by atoms with van der Waals surface area (Å²) in [6.07, 6.45) is 5.05. The number of nitrogens with zero attached hydrogens (tertiary/aromatic N) is 1. The van der Waals surface area contributed by atoms with Crippen LogP contribution in [-0.4, -0.2) is 47.4 Å². The first kappa shape index (κ1) is 26.1. The lowest BCUT2D eigenvalue weighted by Gasteiger charge is -2.40. The molecule has 39 heavy (non-hydrogen) atoms. The van der Waals surface area contributed by atoms with Crippen LogP contribution in [0.2, 0.25) is 0 Å². The van der Waals surface area contributed by atoms with Crippen molar-refractivity contribution >= 4 is 28.0 Å². The second kappa shape index (κ2) is 10.4. The molecule has 1 aliphatic heterocycles. The predicted octanol–water partition coefficient (Wildman–Crippen LogP) is 7.10. The van der Waals surface area contributed by atoms with Gasteiger partial charge in [-0.1, -0.05) is 95.9 Å². The molecule has 7 heteroatoms. The van der Waals surface area contributed by atoms with E-state index in [0.717, 1.165) is 42.1 Å². The molecular formula is C32H32BrNO5. The van der Waals surface area contributed by atoms with E-state index in [1.54, 1.807) is 0 Å². The molecule has 202 valence electrons. The lowest BCUT2D eigenvalue weighted by atomic mass is 9.76. The van der Waals surface area contributed by atoms with Crippen LogP contribution >= 0.6 is 15.9 Å². The van der Waals surface area contributed by atoms with Crippen molar-refractivity contribution in [1.29, 1.82) is 0 Å². The molecule has 0 bridgehead atoms. The van der Waals surface area contributed by atoms with Gasteiger partial charge in [0.2, 0.25) is 0 Å². The normalized spacial score (nSPS) is 21.5. The second-order valence-electron chi connectivity index (χ2n) is 11.0. The number of aliphatic carboxylic acids is 1. The third-order valence-electron chi connectivity index (χ3n) is 8.76. The van der Waals surface area contributed by atoms with Gasteiger partial charge in [-0.05, 0) is 52.8 Å². The zero-order valence-electron chi connectivity index (χ0n) is 21.8. The van der Waals surface area contributed by atoms with Gasteiger partial charge in [-0.2, -0.15) is 0 Å². The molecule has 6 nitrogen and oxygen atoms in total. The summed E-state index contributed by atoms with van der Waals surface area (Å²) in [6.45, 7) is 0.0772. The molecule has 1 spiro atoms. The number of ether oxygens (including phenoxy) is 2. The summed E-state index contributed by atoms with van der Waals surface area (Å²) in [7, 11) is 0. The van der Waals surface area contributed by atoms with E-state index in [4.69, 9.17) is 9.47 Å². The van der Waals surface area contributed by atoms with Gasteiger partial charge in [0.05, 0.1) is 6.54 Å². The Kier molecular flexibility index (Phi) is 6.98. The van der Waals surface area contributed by atoms with Gasteiger partial charge in [0.1, 0.15) is 18.8 Å². The average molecular weight is 591 g/mol. The number of carboxylic acid groups (broad SMARTS) is 1. The Morgan fingerprint density at radius 2 is 1.59 bits per heavy atom. The third kappa shape index (κ3) is 4.76. The van der Waals surface area contributed by atoms with E-state index in [1.807, 2.05) is 53.4 Å². The van der Waals surface area contributed by atoms with E-state index < -0.39 is 23.7 Å². The zero-order chi connectivity index (χ0) is 27.0. The Bertz CT molecular complexity index is 1360. The number of hydrogen-bond donors (Lipinski definition) is 1. The molecule has 1 saturated carbocycles. The van der Waals surface area contributed by atoms with Crippen molar-refractivity contribution in [2.45, 2.75) is 55.6 Å². The first-order valence-corrected chi connectivity index (χ1v) is 14.4. The number of amides is 1. The smallest absolute Gasteiger partial charge is 0.410 e. The van der Waals surface area contributed by atoms with Crippen molar-refractivity contribution in [3.05, 3.63) is 94.0 Å². The van der Waals surface area contributed by atoms with Crippen LogP contribution in [-0.2, 0) is 19.9 Å². The largest absolute Gasteiger partial charge is 0.480 e. The van der Waals surface area contributed by atoms with Crippen molar-refractivity contribution in [2.75, 3.05) is 19.8 Å². The molecule has 3 aromatic rings. The first-order chi connectivity index (χ1) is 18.9. The minimum absolute atomic E-state index is 0.0237. The fraction of sp³-hybridized carbons (Fsp3) is 0.375. The third-order valence-corrected chi connectivity index (χ3v) is 9.26. The highest BCUT2D eigenvalue weighted by Crippen LogP contribution is 2.52. The molecule has 3 aliphatic rings. The fourth-order valence-electron chi connectivity index (χ4n) is 7.04. The summed E-state index contributed by atoms with van der Waals surface area (Å²) < 4.78 is 13.2. The Labute approximate surface area is 237 Å². The van der Waals surface area contributed by atoms with Crippen LogP contribution in [0.3, 0.4) is 0 Å². The molecule has 3 aromatic carbocycles. The molecule has 1 unspecified atom stereocenters. The maximum Gasteiger partial charge on any atom is 0.410 e. The molecule has 1 heterocycles. The Morgan fingerprint density at radius 1 is 0.923 bits per heavy atom. The van der Waals surface area contributed by atoms with Crippen LogP contribution in [0.25, 0.3) is 11.1 Å². The topological polar surface area (TPSA) is 76.1 Å². The number of carbonyl (C=O) groups excluding carboxylic acids is 1. The summed E-state index contributed by atoms with van der Waals surface area (Å²) in [4.78, 5) is 27.4. The lowest BCUT2D eigenvalue weighted by Crippen LogP contribution is -2.49. The van der Waals surface area contributed by atoms with Crippen LogP contribution in [0.15, 0.2) is 77.3 Å². The van der Waals surface area contributed by atoms with E-state index in [1.165, 1.54) is 22.3 Å². The average Bonchev–Trinajstić information content (AvgIpc) is 3.44. The van der Waals surface area contributed by atoms with Crippen LogP contribution < -0.4 is 0 Å². The van der Waals surface area contributed by atoms with Crippen molar-refractivity contribution in [2.24, 2.45) is 0 Å². The van der Waals surface area contributed by atoms with Gasteiger partial charge in [-0.25, -0.2) is 9.59 Å². The lowest BCUT2D eigenvalue weighted by molar-refractivity contribution is -0.150. The molecular weight excluding hydrogens is 558 g/mol. The number of hydrogen-bond acceptors (Lipinski definition) is 4. The second-order valence-corrected chi connectivity index (χ2v) is 12.0. The van der Waals surface area contributed by atoms with Crippen LogP contribution in [0.4, 0.5) is 4.79 Å². The summed E-state index contributed by atoms with van der Waals surface area (Å²) in [5.74, 6) is -1.05. The van der Waals surface area contributed by atoms with Gasteiger partial charge < -0.3 is 14.6 Å². The van der Waals surface area contributed by atoms with Gasteiger partial charge in [0, 0.05) is 22.4 Å². The summed E-state index contributed by atoms with van der Waals surface area (Å²) in [5.41, 5.74) is 4.25. The highest BCUT2D eigenvalue weighted by Gasteiger charge is 2.57. The van der Waals surface area contributed by atoms with Gasteiger partial charge in [-0.15, -0.1) is 0 Å². The molecule has 1 amide bonds. The highest BCUT2D eigenvalue weighted by atomic mass is 79.9. The number of benzene rings is 3. The Hall–Kier alpha value is -3.16. The quantitative estimate of drug-likeness (QED) is 0.332. The zero-order valence-corrected chi connectivity index (χ0v) is 23.4. The maximum absolute atomic E-state index is 13.9. The number of carboxylic acids is 1. The van der Waals surface area contributed by atoms with Gasteiger partial charge in [0.25, 0.3) is 0 Å². The Balaban J connectivity index is 1.30. The minimum atomic E-state index is -1.03. The van der Waals surface area contributed by atoms with Crippen molar-refractivity contribution in [3.8, 4) is 11.1 Å². The molecule has 2 aliphatic carbocycles. The van der Waals surface area contributed by atoms with Crippen LogP contribution in [0.1, 0.15) is 61.1 Å². The van der Waals surface area contributed by atoms with Gasteiger partial charge in [-0.3, -0.25) is 4.90 Å². The standard InChI is InChI=1S/C32H32BrNO5/c33-23-10-8-9-22(17-23)32(39-19-29(35)36)20-31(15-6-1-7-16-31)34(21-32)30(37)38-18-28-26-13-4-2-11-24(26)25-12-3-5-14-27(25)28/h2-5,8-14,17,28H,1,6-7,15-16,18-21H2,(H,35,36). The van der Waals surface area contributed by atoms with E-state index in [-0.39, 0.29) is 25.2 Å². The molecule has 1 N–H and O–H groups in total. The number of fused-ring (bicyclic) bond motifs is 3. The summed E-state index contributed by atoms with van der Waals surface area (Å²) in [5, 5.41) is 9.49. The number of halogens is 1. The molecule has 1 atom stereocenters. The van der Waals surface area contributed by atoms with Crippen LogP contribution in [0.5, 0.6) is 0 Å². The SMILES string of the molecule is O=C(O)COC1(c2cccc(Br)c2)CN(C(=O)OCC2c3ccccc3-c3ccccc32)C2(CCCCC2)C1. The van der Waals surface area contributed by atoms with Gasteiger partial charge in [0.15, 0.2) is 0 Å². The van der Waals surface area contributed by atoms with Crippen molar-refractivity contribution in [3.63, 3.8) is 0 Å². The molecule has 0 aromatic heterocycles. The van der Waals surface area contributed by atoms with Gasteiger partial charge >= 0.3 is 12.1 Å². The number of rotatable bonds is 6. The summed E-state index contributed by atoms with van der Waals surface area (Å²) in [6, 6.07) is 24.4. The van der Waals surface area contributed by atoms with Crippen molar-refractivity contribution < 1.29 is 24.2 Å². The monoisotopic (exact) mass is 589 g/mol. The fourth-order valence-corrected chi connectivity index (χ4v) is 7.44. The molecule has 6 rings (SSSR count). The number of likely N-dealkylation sites (tertiary alicyclic amines) is 1. The summed E-state index contributed by atoms with van der Waals surface area (Å²) >= 11 is 3.56. The molecule has 0 radical (unpaired) electrons. The van der Waals surface area contributed by atoms with E-state index in [2.05, 4.69) is 40.2 Å².